The first-order valence-corrected chi connectivity index (χ1v) is 8.32. The average molecular weight is 310 g/mol. The fraction of sp³-hybridized carbons (Fsp3) is 0.714. The molecule has 2 fully saturated rings. The van der Waals surface area contributed by atoms with Crippen LogP contribution in [0.4, 0.5) is 5.13 Å². The maximum absolute atomic E-state index is 11.5. The molecular formula is C14H22N4O2S. The number of aromatic nitrogens is 1. The minimum Gasteiger partial charge on any atom is -0.378 e. The summed E-state index contributed by atoms with van der Waals surface area (Å²) in [4.78, 5) is 21.9. The molecule has 0 saturated carbocycles. The summed E-state index contributed by atoms with van der Waals surface area (Å²) in [5.41, 5.74) is 0. The number of carbonyl (C=O) groups is 1. The number of amides is 1. The highest BCUT2D eigenvalue weighted by atomic mass is 32.1. The lowest BCUT2D eigenvalue weighted by atomic mass is 10.2. The number of nitrogens with one attached hydrogen (secondary N) is 1. The van der Waals surface area contributed by atoms with Crippen LogP contribution in [0.1, 0.15) is 18.2 Å². The fourth-order valence-electron chi connectivity index (χ4n) is 2.65. The van der Waals surface area contributed by atoms with Gasteiger partial charge in [0.25, 0.3) is 0 Å². The van der Waals surface area contributed by atoms with Crippen LogP contribution in [0.3, 0.4) is 0 Å². The van der Waals surface area contributed by atoms with Crippen LogP contribution in [0.5, 0.6) is 0 Å². The molecule has 116 valence electrons. The number of rotatable bonds is 3. The second-order valence-electron chi connectivity index (χ2n) is 5.58. The van der Waals surface area contributed by atoms with Crippen LogP contribution in [0.15, 0.2) is 6.20 Å². The summed E-state index contributed by atoms with van der Waals surface area (Å²) < 4.78 is 5.38. The number of thiazole rings is 1. The highest BCUT2D eigenvalue weighted by Gasteiger charge is 2.21. The van der Waals surface area contributed by atoms with Crippen molar-refractivity contribution in [1.29, 1.82) is 0 Å². The SMILES string of the molecule is CC1CNC(=O)CCN1Cc1cnc(N2CCOCC2)s1. The number of anilines is 1. The zero-order valence-corrected chi connectivity index (χ0v) is 13.2. The molecule has 1 aromatic rings. The Kier molecular flexibility index (Phi) is 4.72. The van der Waals surface area contributed by atoms with E-state index in [9.17, 15) is 4.79 Å². The van der Waals surface area contributed by atoms with Crippen molar-refractivity contribution in [2.45, 2.75) is 25.9 Å². The van der Waals surface area contributed by atoms with Crippen LogP contribution < -0.4 is 10.2 Å². The molecule has 0 aliphatic carbocycles. The molecule has 1 amide bonds. The second-order valence-corrected chi connectivity index (χ2v) is 6.68. The van der Waals surface area contributed by atoms with Gasteiger partial charge >= 0.3 is 0 Å². The molecule has 0 aromatic carbocycles. The minimum absolute atomic E-state index is 0.155. The van der Waals surface area contributed by atoms with Crippen molar-refractivity contribution < 1.29 is 9.53 Å². The van der Waals surface area contributed by atoms with Gasteiger partial charge in [0.1, 0.15) is 0 Å². The standard InChI is InChI=1S/C14H22N4O2S/c1-11-8-15-13(19)2-3-18(11)10-12-9-16-14(21-12)17-4-6-20-7-5-17/h9,11H,2-8,10H2,1H3,(H,15,19). The summed E-state index contributed by atoms with van der Waals surface area (Å²) in [6.45, 7) is 7.99. The lowest BCUT2D eigenvalue weighted by Crippen LogP contribution is -2.37. The van der Waals surface area contributed by atoms with Gasteiger partial charge in [-0.15, -0.1) is 11.3 Å². The van der Waals surface area contributed by atoms with Crippen LogP contribution in [-0.4, -0.2) is 61.2 Å². The molecule has 6 nitrogen and oxygen atoms in total. The van der Waals surface area contributed by atoms with E-state index in [0.717, 1.165) is 51.1 Å². The largest absolute Gasteiger partial charge is 0.378 e. The molecule has 3 heterocycles. The zero-order chi connectivity index (χ0) is 14.7. The molecule has 2 aliphatic rings. The molecule has 1 N–H and O–H groups in total. The molecule has 7 heteroatoms. The van der Waals surface area contributed by atoms with Crippen LogP contribution in [0, 0.1) is 0 Å². The van der Waals surface area contributed by atoms with E-state index in [2.05, 4.69) is 27.0 Å². The van der Waals surface area contributed by atoms with E-state index < -0.39 is 0 Å². The van der Waals surface area contributed by atoms with Crippen LogP contribution in [0.2, 0.25) is 0 Å². The van der Waals surface area contributed by atoms with Gasteiger partial charge in [-0.25, -0.2) is 4.98 Å². The highest BCUT2D eigenvalue weighted by Crippen LogP contribution is 2.25. The van der Waals surface area contributed by atoms with Crippen molar-refractivity contribution in [2.75, 3.05) is 44.3 Å². The van der Waals surface area contributed by atoms with Crippen molar-refractivity contribution in [1.82, 2.24) is 15.2 Å². The zero-order valence-electron chi connectivity index (χ0n) is 12.4. The second kappa shape index (κ2) is 6.72. The average Bonchev–Trinajstić information content (AvgIpc) is 2.92. The van der Waals surface area contributed by atoms with Crippen LogP contribution in [0.25, 0.3) is 0 Å². The summed E-state index contributed by atoms with van der Waals surface area (Å²) in [6.07, 6.45) is 2.56. The van der Waals surface area contributed by atoms with E-state index in [1.165, 1.54) is 4.88 Å². The number of carbonyl (C=O) groups excluding carboxylic acids is 1. The first-order chi connectivity index (χ1) is 10.2. The quantitative estimate of drug-likeness (QED) is 0.890. The van der Waals surface area contributed by atoms with E-state index in [1.54, 1.807) is 11.3 Å². The van der Waals surface area contributed by atoms with Crippen LogP contribution in [-0.2, 0) is 16.1 Å². The monoisotopic (exact) mass is 310 g/mol. The topological polar surface area (TPSA) is 57.7 Å². The highest BCUT2D eigenvalue weighted by molar-refractivity contribution is 7.15. The maximum atomic E-state index is 11.5. The number of nitrogens with zero attached hydrogens (tertiary/aromatic N) is 3. The Hall–Kier alpha value is -1.18. The van der Waals surface area contributed by atoms with Crippen molar-refractivity contribution in [2.24, 2.45) is 0 Å². The van der Waals surface area contributed by atoms with E-state index in [1.807, 2.05) is 6.20 Å². The van der Waals surface area contributed by atoms with Gasteiger partial charge in [-0.2, -0.15) is 0 Å². The molecule has 0 radical (unpaired) electrons. The maximum Gasteiger partial charge on any atom is 0.221 e. The summed E-state index contributed by atoms with van der Waals surface area (Å²) >= 11 is 1.75. The van der Waals surface area contributed by atoms with Gasteiger partial charge in [-0.1, -0.05) is 0 Å². The Morgan fingerprint density at radius 1 is 1.43 bits per heavy atom. The van der Waals surface area contributed by atoms with Gasteiger partial charge in [0, 0.05) is 56.3 Å². The molecule has 3 rings (SSSR count). The van der Waals surface area contributed by atoms with E-state index in [4.69, 9.17) is 4.74 Å². The molecule has 0 bridgehead atoms. The summed E-state index contributed by atoms with van der Waals surface area (Å²) in [6, 6.07) is 0.366. The smallest absolute Gasteiger partial charge is 0.221 e. The van der Waals surface area contributed by atoms with Gasteiger partial charge < -0.3 is 15.0 Å². The lowest BCUT2D eigenvalue weighted by Gasteiger charge is -2.26. The summed E-state index contributed by atoms with van der Waals surface area (Å²) in [5.74, 6) is 0.155. The van der Waals surface area contributed by atoms with Gasteiger partial charge in [0.05, 0.1) is 13.2 Å². The molecule has 0 spiro atoms. The molecular weight excluding hydrogens is 288 g/mol. The molecule has 1 atom stereocenters. The number of ether oxygens (including phenoxy) is 1. The predicted molar refractivity (Wildman–Crippen MR) is 82.6 cm³/mol. The first kappa shape index (κ1) is 14.7. The van der Waals surface area contributed by atoms with Crippen LogP contribution >= 0.6 is 11.3 Å². The first-order valence-electron chi connectivity index (χ1n) is 7.50. The third-order valence-corrected chi connectivity index (χ3v) is 5.07. The molecule has 2 aliphatic heterocycles. The Bertz CT molecular complexity index is 487. The van der Waals surface area contributed by atoms with E-state index in [-0.39, 0.29) is 5.91 Å². The van der Waals surface area contributed by atoms with Gasteiger partial charge in [-0.3, -0.25) is 9.69 Å². The lowest BCUT2D eigenvalue weighted by molar-refractivity contribution is -0.120. The predicted octanol–water partition coefficient (Wildman–Crippen LogP) is 0.690. The minimum atomic E-state index is 0.155. The Balaban J connectivity index is 1.62. The Morgan fingerprint density at radius 3 is 3.05 bits per heavy atom. The molecule has 21 heavy (non-hydrogen) atoms. The Morgan fingerprint density at radius 2 is 2.24 bits per heavy atom. The van der Waals surface area contributed by atoms with Crippen molar-refractivity contribution >= 4 is 22.4 Å². The van der Waals surface area contributed by atoms with E-state index in [0.29, 0.717) is 12.5 Å². The summed E-state index contributed by atoms with van der Waals surface area (Å²) in [5, 5.41) is 4.04. The molecule has 2 saturated heterocycles. The summed E-state index contributed by atoms with van der Waals surface area (Å²) in [7, 11) is 0. The normalized spacial score (nSPS) is 24.7. The van der Waals surface area contributed by atoms with Gasteiger partial charge in [0.15, 0.2) is 5.13 Å². The van der Waals surface area contributed by atoms with Gasteiger partial charge in [0.2, 0.25) is 5.91 Å². The van der Waals surface area contributed by atoms with Crippen molar-refractivity contribution in [3.63, 3.8) is 0 Å². The molecule has 1 aromatic heterocycles. The molecule has 1 unspecified atom stereocenters. The third kappa shape index (κ3) is 3.72. The fourth-order valence-corrected chi connectivity index (χ4v) is 3.64. The van der Waals surface area contributed by atoms with Crippen molar-refractivity contribution in [3.8, 4) is 0 Å². The van der Waals surface area contributed by atoms with Gasteiger partial charge in [-0.05, 0) is 6.92 Å². The number of morpholine rings is 1. The Labute approximate surface area is 129 Å². The third-order valence-electron chi connectivity index (χ3n) is 4.03. The number of hydrogen-bond acceptors (Lipinski definition) is 6. The van der Waals surface area contributed by atoms with E-state index >= 15 is 0 Å². The number of hydrogen-bond donors (Lipinski definition) is 1. The van der Waals surface area contributed by atoms with Crippen molar-refractivity contribution in [3.05, 3.63) is 11.1 Å².